The van der Waals surface area contributed by atoms with Crippen LogP contribution >= 0.6 is 23.3 Å². The molecule has 1 aromatic heterocycles. The first-order chi connectivity index (χ1) is 8.88. The molecule has 0 spiro atoms. The van der Waals surface area contributed by atoms with Crippen molar-refractivity contribution in [3.05, 3.63) is 5.82 Å². The van der Waals surface area contributed by atoms with Crippen molar-refractivity contribution in [1.82, 2.24) is 9.36 Å². The van der Waals surface area contributed by atoms with Crippen LogP contribution in [0.1, 0.15) is 37.9 Å². The molecule has 0 amide bonds. The molecule has 1 aromatic rings. The van der Waals surface area contributed by atoms with Crippen LogP contribution in [-0.4, -0.2) is 34.9 Å². The average Bonchev–Trinajstić information content (AvgIpc) is 2.86. The number of hydrogen-bond donors (Lipinski definition) is 1. The molecule has 0 aromatic carbocycles. The van der Waals surface area contributed by atoms with Crippen LogP contribution in [0.15, 0.2) is 0 Å². The summed E-state index contributed by atoms with van der Waals surface area (Å²) < 4.78 is 9.37. The molecule has 102 valence electrons. The SMILES string of the molecule is COCCNc1nc(CSC2CCCCC2)ns1. The topological polar surface area (TPSA) is 47.0 Å². The lowest BCUT2D eigenvalue weighted by molar-refractivity contribution is 0.211. The maximum absolute atomic E-state index is 4.99. The maximum atomic E-state index is 4.99. The quantitative estimate of drug-likeness (QED) is 0.781. The molecule has 0 aliphatic heterocycles. The van der Waals surface area contributed by atoms with E-state index in [9.17, 15) is 0 Å². The van der Waals surface area contributed by atoms with E-state index < -0.39 is 0 Å². The minimum atomic E-state index is 0.700. The fraction of sp³-hybridized carbons (Fsp3) is 0.833. The Morgan fingerprint density at radius 1 is 1.39 bits per heavy atom. The second kappa shape index (κ2) is 7.96. The lowest BCUT2D eigenvalue weighted by atomic mass is 10.0. The number of nitrogens with zero attached hydrogens (tertiary/aromatic N) is 2. The fourth-order valence-electron chi connectivity index (χ4n) is 2.07. The third-order valence-electron chi connectivity index (χ3n) is 3.05. The molecule has 1 fully saturated rings. The van der Waals surface area contributed by atoms with Crippen LogP contribution in [0.4, 0.5) is 5.13 Å². The number of thioether (sulfide) groups is 1. The lowest BCUT2D eigenvalue weighted by Crippen LogP contribution is -2.08. The summed E-state index contributed by atoms with van der Waals surface area (Å²) in [6.07, 6.45) is 6.94. The van der Waals surface area contributed by atoms with E-state index in [0.29, 0.717) is 6.61 Å². The normalized spacial score (nSPS) is 16.9. The summed E-state index contributed by atoms with van der Waals surface area (Å²) in [6, 6.07) is 0. The van der Waals surface area contributed by atoms with E-state index in [4.69, 9.17) is 4.74 Å². The molecule has 1 saturated carbocycles. The van der Waals surface area contributed by atoms with Gasteiger partial charge in [0, 0.05) is 30.4 Å². The van der Waals surface area contributed by atoms with Gasteiger partial charge in [0.05, 0.1) is 12.4 Å². The van der Waals surface area contributed by atoms with Crippen LogP contribution in [0, 0.1) is 0 Å². The van der Waals surface area contributed by atoms with Gasteiger partial charge in [-0.25, -0.2) is 4.98 Å². The summed E-state index contributed by atoms with van der Waals surface area (Å²) in [4.78, 5) is 4.49. The van der Waals surface area contributed by atoms with E-state index in [2.05, 4.69) is 14.7 Å². The molecule has 1 aliphatic rings. The van der Waals surface area contributed by atoms with Gasteiger partial charge in [-0.15, -0.1) is 0 Å². The fourth-order valence-corrected chi connectivity index (χ4v) is 3.94. The average molecular weight is 287 g/mol. The van der Waals surface area contributed by atoms with Gasteiger partial charge in [-0.2, -0.15) is 16.1 Å². The largest absolute Gasteiger partial charge is 0.383 e. The van der Waals surface area contributed by atoms with Crippen molar-refractivity contribution in [1.29, 1.82) is 0 Å². The summed E-state index contributed by atoms with van der Waals surface area (Å²) in [5.74, 6) is 1.92. The second-order valence-corrected chi connectivity index (χ2v) is 6.55. The van der Waals surface area contributed by atoms with Crippen LogP contribution < -0.4 is 5.32 Å². The van der Waals surface area contributed by atoms with Gasteiger partial charge in [0.1, 0.15) is 0 Å². The van der Waals surface area contributed by atoms with Gasteiger partial charge in [-0.1, -0.05) is 19.3 Å². The number of ether oxygens (including phenoxy) is 1. The van der Waals surface area contributed by atoms with Crippen LogP contribution in [0.2, 0.25) is 0 Å². The van der Waals surface area contributed by atoms with Crippen molar-refractivity contribution in [3.8, 4) is 0 Å². The summed E-state index contributed by atoms with van der Waals surface area (Å²) in [6.45, 7) is 1.49. The molecule has 0 radical (unpaired) electrons. The van der Waals surface area contributed by atoms with E-state index in [0.717, 1.165) is 28.5 Å². The monoisotopic (exact) mass is 287 g/mol. The Morgan fingerprint density at radius 2 is 2.22 bits per heavy atom. The molecule has 4 nitrogen and oxygen atoms in total. The van der Waals surface area contributed by atoms with Crippen LogP contribution in [0.5, 0.6) is 0 Å². The van der Waals surface area contributed by atoms with E-state index in [1.54, 1.807) is 7.11 Å². The van der Waals surface area contributed by atoms with Gasteiger partial charge in [0.2, 0.25) is 5.13 Å². The minimum Gasteiger partial charge on any atom is -0.383 e. The zero-order valence-corrected chi connectivity index (χ0v) is 12.5. The number of aromatic nitrogens is 2. The number of methoxy groups -OCH3 is 1. The second-order valence-electron chi connectivity index (χ2n) is 4.51. The van der Waals surface area contributed by atoms with Crippen molar-refractivity contribution < 1.29 is 4.74 Å². The first kappa shape index (κ1) is 14.1. The van der Waals surface area contributed by atoms with Gasteiger partial charge < -0.3 is 10.1 Å². The number of hydrogen-bond acceptors (Lipinski definition) is 6. The van der Waals surface area contributed by atoms with Crippen molar-refractivity contribution >= 4 is 28.4 Å². The molecule has 6 heteroatoms. The lowest BCUT2D eigenvalue weighted by Gasteiger charge is -2.20. The van der Waals surface area contributed by atoms with Crippen molar-refractivity contribution in [3.63, 3.8) is 0 Å². The highest BCUT2D eigenvalue weighted by atomic mass is 32.2. The van der Waals surface area contributed by atoms with Crippen molar-refractivity contribution in [2.75, 3.05) is 25.6 Å². The molecule has 1 heterocycles. The Labute approximate surface area is 117 Å². The molecule has 1 aliphatic carbocycles. The molecule has 1 N–H and O–H groups in total. The minimum absolute atomic E-state index is 0.700. The molecule has 0 bridgehead atoms. The van der Waals surface area contributed by atoms with E-state index in [1.165, 1.54) is 43.6 Å². The van der Waals surface area contributed by atoms with E-state index in [1.807, 2.05) is 11.8 Å². The number of nitrogens with one attached hydrogen (secondary N) is 1. The Bertz CT molecular complexity index is 340. The Balaban J connectivity index is 1.69. The van der Waals surface area contributed by atoms with Gasteiger partial charge >= 0.3 is 0 Å². The summed E-state index contributed by atoms with van der Waals surface area (Å²) in [5.41, 5.74) is 0. The molecule has 18 heavy (non-hydrogen) atoms. The highest BCUT2D eigenvalue weighted by molar-refractivity contribution is 7.99. The molecule has 0 saturated heterocycles. The van der Waals surface area contributed by atoms with Crippen LogP contribution in [0.3, 0.4) is 0 Å². The first-order valence-corrected chi connectivity index (χ1v) is 8.37. The van der Waals surface area contributed by atoms with Gasteiger partial charge in [-0.3, -0.25) is 0 Å². The molecular formula is C12H21N3OS2. The maximum Gasteiger partial charge on any atom is 0.202 e. The van der Waals surface area contributed by atoms with E-state index >= 15 is 0 Å². The molecular weight excluding hydrogens is 266 g/mol. The summed E-state index contributed by atoms with van der Waals surface area (Å²) in [7, 11) is 1.70. The van der Waals surface area contributed by atoms with Gasteiger partial charge in [0.15, 0.2) is 5.82 Å². The predicted octanol–water partition coefficient (Wildman–Crippen LogP) is 3.16. The molecule has 2 rings (SSSR count). The first-order valence-electron chi connectivity index (χ1n) is 6.55. The standard InChI is InChI=1S/C12H21N3OS2/c1-16-8-7-13-12-14-11(15-18-12)9-17-10-5-3-2-4-6-10/h10H,2-9H2,1H3,(H,13,14,15). The zero-order valence-electron chi connectivity index (χ0n) is 10.9. The Kier molecular flexibility index (Phi) is 6.23. The molecule has 0 unspecified atom stereocenters. The predicted molar refractivity (Wildman–Crippen MR) is 78.4 cm³/mol. The van der Waals surface area contributed by atoms with Crippen molar-refractivity contribution in [2.24, 2.45) is 0 Å². The highest BCUT2D eigenvalue weighted by Gasteiger charge is 2.14. The van der Waals surface area contributed by atoms with Crippen molar-refractivity contribution in [2.45, 2.75) is 43.1 Å². The Morgan fingerprint density at radius 3 is 3.00 bits per heavy atom. The third kappa shape index (κ3) is 4.74. The third-order valence-corrected chi connectivity index (χ3v) is 5.13. The summed E-state index contributed by atoms with van der Waals surface area (Å²) >= 11 is 3.47. The summed E-state index contributed by atoms with van der Waals surface area (Å²) in [5, 5.41) is 4.95. The van der Waals surface area contributed by atoms with Crippen LogP contribution in [-0.2, 0) is 10.5 Å². The Hall–Kier alpha value is -0.330. The smallest absolute Gasteiger partial charge is 0.202 e. The molecule has 0 atom stereocenters. The zero-order chi connectivity index (χ0) is 12.6. The number of anilines is 1. The van der Waals surface area contributed by atoms with Gasteiger partial charge in [-0.05, 0) is 12.8 Å². The van der Waals surface area contributed by atoms with E-state index in [-0.39, 0.29) is 0 Å². The highest BCUT2D eigenvalue weighted by Crippen LogP contribution is 2.30. The number of rotatable bonds is 7. The van der Waals surface area contributed by atoms with Crippen LogP contribution in [0.25, 0.3) is 0 Å². The van der Waals surface area contributed by atoms with Gasteiger partial charge in [0.25, 0.3) is 0 Å².